The van der Waals surface area contributed by atoms with Crippen LogP contribution < -0.4 is 15.2 Å². The minimum atomic E-state index is -1.15. The number of ether oxygens (including phenoxy) is 4. The number of methoxy groups -OCH3 is 2. The number of carboxylic acid groups (broad SMARTS) is 1. The van der Waals surface area contributed by atoms with Gasteiger partial charge < -0.3 is 29.8 Å². The van der Waals surface area contributed by atoms with Crippen LogP contribution in [0.25, 0.3) is 0 Å². The highest BCUT2D eigenvalue weighted by Gasteiger charge is 2.18. The van der Waals surface area contributed by atoms with E-state index in [0.29, 0.717) is 0 Å². The molecule has 0 saturated heterocycles. The van der Waals surface area contributed by atoms with E-state index < -0.39 is 5.97 Å². The summed E-state index contributed by atoms with van der Waals surface area (Å²) >= 11 is 0. The van der Waals surface area contributed by atoms with Gasteiger partial charge in [0.2, 0.25) is 0 Å². The van der Waals surface area contributed by atoms with Crippen molar-refractivity contribution >= 4 is 11.7 Å². The molecule has 1 aromatic carbocycles. The maximum absolute atomic E-state index is 11.0. The summed E-state index contributed by atoms with van der Waals surface area (Å²) in [6.07, 6.45) is 0. The van der Waals surface area contributed by atoms with Crippen LogP contribution in [0.4, 0.5) is 5.69 Å². The Morgan fingerprint density at radius 3 is 2.39 bits per heavy atom. The van der Waals surface area contributed by atoms with Crippen LogP contribution in [-0.2, 0) is 9.47 Å². The molecule has 0 aliphatic rings. The molecule has 0 amide bonds. The summed E-state index contributed by atoms with van der Waals surface area (Å²) in [5.41, 5.74) is 5.81. The molecular weight excluding hydrogens is 242 g/mol. The third-order valence-corrected chi connectivity index (χ3v) is 2.04. The molecule has 0 fully saturated rings. The number of nitrogen functional groups attached to an aromatic ring is 1. The van der Waals surface area contributed by atoms with Crippen LogP contribution in [0.2, 0.25) is 0 Å². The van der Waals surface area contributed by atoms with Crippen LogP contribution in [0.3, 0.4) is 0 Å². The minimum Gasteiger partial charge on any atom is -0.478 e. The van der Waals surface area contributed by atoms with E-state index in [1.165, 1.54) is 26.4 Å². The number of hydrogen-bond donors (Lipinski definition) is 2. The van der Waals surface area contributed by atoms with E-state index in [1.54, 1.807) is 0 Å². The molecule has 0 unspecified atom stereocenters. The summed E-state index contributed by atoms with van der Waals surface area (Å²) < 4.78 is 19.8. The number of nitrogens with two attached hydrogens (primary N) is 1. The quantitative estimate of drug-likeness (QED) is 0.553. The van der Waals surface area contributed by atoms with Crippen LogP contribution in [0.1, 0.15) is 10.4 Å². The summed E-state index contributed by atoms with van der Waals surface area (Å²) in [5, 5.41) is 9.01. The van der Waals surface area contributed by atoms with Crippen molar-refractivity contribution in [3.63, 3.8) is 0 Å². The first kappa shape index (κ1) is 14.1. The molecule has 0 aliphatic heterocycles. The Balaban J connectivity index is 3.08. The second-order valence-electron chi connectivity index (χ2n) is 3.26. The van der Waals surface area contributed by atoms with Gasteiger partial charge in [-0.2, -0.15) is 0 Å². The van der Waals surface area contributed by atoms with Gasteiger partial charge in [-0.05, 0) is 12.1 Å². The zero-order valence-corrected chi connectivity index (χ0v) is 10.1. The fourth-order valence-corrected chi connectivity index (χ4v) is 1.27. The van der Waals surface area contributed by atoms with Crippen LogP contribution in [0.5, 0.6) is 11.5 Å². The molecule has 7 nitrogen and oxygen atoms in total. The van der Waals surface area contributed by atoms with Gasteiger partial charge >= 0.3 is 5.97 Å². The van der Waals surface area contributed by atoms with Crippen molar-refractivity contribution in [2.45, 2.75) is 0 Å². The highest BCUT2D eigenvalue weighted by atomic mass is 16.7. The molecule has 100 valence electrons. The Hall–Kier alpha value is -1.99. The maximum Gasteiger partial charge on any atom is 0.339 e. The van der Waals surface area contributed by atoms with E-state index in [0.717, 1.165) is 0 Å². The van der Waals surface area contributed by atoms with E-state index >= 15 is 0 Å². The van der Waals surface area contributed by atoms with Crippen molar-refractivity contribution in [3.8, 4) is 11.5 Å². The number of carboxylic acids is 1. The summed E-state index contributed by atoms with van der Waals surface area (Å²) in [5.74, 6) is -0.850. The number of aromatic carboxylic acids is 1. The Morgan fingerprint density at radius 1 is 1.22 bits per heavy atom. The molecular formula is C11H15NO6. The Bertz CT molecular complexity index is 420. The molecule has 18 heavy (non-hydrogen) atoms. The Labute approximate surface area is 104 Å². The molecule has 0 radical (unpaired) electrons. The van der Waals surface area contributed by atoms with Gasteiger partial charge in [0.25, 0.3) is 0 Å². The summed E-state index contributed by atoms with van der Waals surface area (Å²) in [4.78, 5) is 11.0. The lowest BCUT2D eigenvalue weighted by atomic mass is 10.1. The molecule has 0 aromatic heterocycles. The van der Waals surface area contributed by atoms with Gasteiger partial charge in [-0.3, -0.25) is 0 Å². The first-order chi connectivity index (χ1) is 8.61. The van der Waals surface area contributed by atoms with Crippen molar-refractivity contribution in [1.82, 2.24) is 0 Å². The van der Waals surface area contributed by atoms with Crippen LogP contribution in [0, 0.1) is 0 Å². The van der Waals surface area contributed by atoms with Crippen molar-refractivity contribution in [1.29, 1.82) is 0 Å². The van der Waals surface area contributed by atoms with E-state index in [9.17, 15) is 4.79 Å². The van der Waals surface area contributed by atoms with Crippen LogP contribution >= 0.6 is 0 Å². The molecule has 0 atom stereocenters. The van der Waals surface area contributed by atoms with Crippen molar-refractivity contribution in [2.24, 2.45) is 0 Å². The van der Waals surface area contributed by atoms with Crippen molar-refractivity contribution < 1.29 is 28.8 Å². The van der Waals surface area contributed by atoms with Gasteiger partial charge in [-0.25, -0.2) is 4.79 Å². The lowest BCUT2D eigenvalue weighted by Gasteiger charge is -2.14. The largest absolute Gasteiger partial charge is 0.478 e. The molecule has 7 heteroatoms. The average Bonchev–Trinajstić information content (AvgIpc) is 2.35. The summed E-state index contributed by atoms with van der Waals surface area (Å²) in [6, 6.07) is 2.78. The molecule has 0 spiro atoms. The highest BCUT2D eigenvalue weighted by molar-refractivity contribution is 5.94. The minimum absolute atomic E-state index is 0.000333. The van der Waals surface area contributed by atoms with E-state index in [4.69, 9.17) is 29.8 Å². The van der Waals surface area contributed by atoms with Crippen molar-refractivity contribution in [3.05, 3.63) is 17.7 Å². The topological polar surface area (TPSA) is 100 Å². The van der Waals surface area contributed by atoms with Crippen LogP contribution in [0.15, 0.2) is 12.1 Å². The van der Waals surface area contributed by atoms with Gasteiger partial charge in [-0.1, -0.05) is 0 Å². The van der Waals surface area contributed by atoms with Crippen LogP contribution in [-0.4, -0.2) is 38.9 Å². The first-order valence-electron chi connectivity index (χ1n) is 5.01. The van der Waals surface area contributed by atoms with Gasteiger partial charge in [0, 0.05) is 14.2 Å². The molecule has 1 rings (SSSR count). The molecule has 0 saturated carbocycles. The molecule has 0 heterocycles. The first-order valence-corrected chi connectivity index (χ1v) is 5.01. The third-order valence-electron chi connectivity index (χ3n) is 2.04. The van der Waals surface area contributed by atoms with E-state index in [-0.39, 0.29) is 36.3 Å². The normalized spacial score (nSPS) is 10.1. The fourth-order valence-electron chi connectivity index (χ4n) is 1.27. The lowest BCUT2D eigenvalue weighted by Crippen LogP contribution is -2.10. The number of carbonyl (C=O) groups is 1. The zero-order chi connectivity index (χ0) is 13.5. The van der Waals surface area contributed by atoms with Gasteiger partial charge in [0.05, 0.1) is 0 Å². The lowest BCUT2D eigenvalue weighted by molar-refractivity contribution is 0.0455. The number of benzene rings is 1. The predicted molar refractivity (Wildman–Crippen MR) is 62.8 cm³/mol. The third kappa shape index (κ3) is 3.25. The molecule has 1 aromatic rings. The smallest absolute Gasteiger partial charge is 0.339 e. The summed E-state index contributed by atoms with van der Waals surface area (Å²) in [7, 11) is 2.88. The average molecular weight is 257 g/mol. The molecule has 3 N–H and O–H groups in total. The predicted octanol–water partition coefficient (Wildman–Crippen LogP) is 0.932. The van der Waals surface area contributed by atoms with Gasteiger partial charge in [0.15, 0.2) is 19.3 Å². The van der Waals surface area contributed by atoms with Gasteiger partial charge in [0.1, 0.15) is 17.0 Å². The van der Waals surface area contributed by atoms with Gasteiger partial charge in [-0.15, -0.1) is 0 Å². The zero-order valence-electron chi connectivity index (χ0n) is 10.1. The molecule has 0 bridgehead atoms. The van der Waals surface area contributed by atoms with Crippen molar-refractivity contribution in [2.75, 3.05) is 33.5 Å². The van der Waals surface area contributed by atoms with E-state index in [2.05, 4.69) is 0 Å². The number of hydrogen-bond acceptors (Lipinski definition) is 6. The monoisotopic (exact) mass is 257 g/mol. The highest BCUT2D eigenvalue weighted by Crippen LogP contribution is 2.35. The number of anilines is 1. The number of rotatable bonds is 7. The second-order valence-corrected chi connectivity index (χ2v) is 3.26. The maximum atomic E-state index is 11.0. The fraction of sp³-hybridized carbons (Fsp3) is 0.364. The Kier molecular flexibility index (Phi) is 5.22. The standard InChI is InChI=1S/C11H15NO6/c1-15-5-17-8-4-3-7(11(13)14)10(9(8)12)18-6-16-2/h3-4H,5-6,12H2,1-2H3,(H,13,14). The molecule has 0 aliphatic carbocycles. The summed E-state index contributed by atoms with van der Waals surface area (Å²) in [6.45, 7) is -0.113. The van der Waals surface area contributed by atoms with E-state index in [1.807, 2.05) is 0 Å². The Morgan fingerprint density at radius 2 is 1.83 bits per heavy atom. The SMILES string of the molecule is COCOc1ccc(C(=O)O)c(OCOC)c1N. The second kappa shape index (κ2) is 6.67.